The number of hydrogen-bond acceptors (Lipinski definition) is 5. The molecule has 1 aromatic carbocycles. The normalized spacial score (nSPS) is 12.1. The highest BCUT2D eigenvalue weighted by atomic mass is 16.5. The van der Waals surface area contributed by atoms with E-state index in [-0.39, 0.29) is 18.2 Å². The number of hydrogen-bond donors (Lipinski definition) is 2. The molecule has 2 aromatic rings. The minimum atomic E-state index is -0.588. The number of amides is 1. The zero-order chi connectivity index (χ0) is 15.1. The largest absolute Gasteiger partial charge is 0.391 e. The third-order valence-corrected chi connectivity index (χ3v) is 2.87. The van der Waals surface area contributed by atoms with Crippen LogP contribution in [0.3, 0.4) is 0 Å². The van der Waals surface area contributed by atoms with Crippen LogP contribution in [0.2, 0.25) is 0 Å². The quantitative estimate of drug-likeness (QED) is 0.770. The number of aliphatic hydroxyl groups is 1. The average Bonchev–Trinajstić information content (AvgIpc) is 2.98. The number of ether oxygens (including phenoxy) is 1. The van der Waals surface area contributed by atoms with Crippen molar-refractivity contribution in [3.63, 3.8) is 0 Å². The number of carbonyl (C=O) groups excluding carboxylic acids is 1. The Morgan fingerprint density at radius 3 is 2.90 bits per heavy atom. The van der Waals surface area contributed by atoms with Crippen molar-refractivity contribution in [1.29, 1.82) is 0 Å². The third-order valence-electron chi connectivity index (χ3n) is 2.87. The van der Waals surface area contributed by atoms with Gasteiger partial charge in [0.25, 0.3) is 5.91 Å². The van der Waals surface area contributed by atoms with Crippen LogP contribution in [0.5, 0.6) is 0 Å². The van der Waals surface area contributed by atoms with E-state index in [9.17, 15) is 9.90 Å². The minimum absolute atomic E-state index is 0.236. The molecule has 0 fully saturated rings. The van der Waals surface area contributed by atoms with Crippen molar-refractivity contribution in [1.82, 2.24) is 20.3 Å². The summed E-state index contributed by atoms with van der Waals surface area (Å²) < 4.78 is 6.35. The summed E-state index contributed by atoms with van der Waals surface area (Å²) in [6.45, 7) is 0.599. The second-order valence-electron chi connectivity index (χ2n) is 4.54. The van der Waals surface area contributed by atoms with Crippen LogP contribution < -0.4 is 5.32 Å². The molecule has 0 aliphatic rings. The molecule has 1 unspecified atom stereocenters. The Hall–Kier alpha value is -2.25. The maximum Gasteiger partial charge on any atom is 0.273 e. The van der Waals surface area contributed by atoms with E-state index in [1.54, 1.807) is 6.20 Å². The van der Waals surface area contributed by atoms with Gasteiger partial charge in [0.05, 0.1) is 24.6 Å². The molecule has 1 atom stereocenters. The number of methoxy groups -OCH3 is 1. The van der Waals surface area contributed by atoms with Gasteiger partial charge in [-0.2, -0.15) is 0 Å². The molecule has 0 bridgehead atoms. The van der Waals surface area contributed by atoms with Crippen LogP contribution in [0.4, 0.5) is 0 Å². The van der Waals surface area contributed by atoms with Crippen LogP contribution in [0.15, 0.2) is 36.5 Å². The number of para-hydroxylation sites is 1. The van der Waals surface area contributed by atoms with Gasteiger partial charge in [0.15, 0.2) is 5.69 Å². The van der Waals surface area contributed by atoms with Gasteiger partial charge in [-0.05, 0) is 18.6 Å². The summed E-state index contributed by atoms with van der Waals surface area (Å²) in [5, 5.41) is 19.9. The zero-order valence-electron chi connectivity index (χ0n) is 11.8. The average molecular weight is 290 g/mol. The summed E-state index contributed by atoms with van der Waals surface area (Å²) in [5.74, 6) is -0.318. The highest BCUT2D eigenvalue weighted by Gasteiger charge is 2.11. The Kier molecular flexibility index (Phi) is 5.42. The number of nitrogens with one attached hydrogen (secondary N) is 1. The van der Waals surface area contributed by atoms with E-state index >= 15 is 0 Å². The van der Waals surface area contributed by atoms with E-state index in [0.717, 1.165) is 5.69 Å². The number of rotatable bonds is 7. The van der Waals surface area contributed by atoms with E-state index in [4.69, 9.17) is 4.74 Å². The summed E-state index contributed by atoms with van der Waals surface area (Å²) in [5.41, 5.74) is 1.07. The SMILES string of the molecule is COCC(O)CCNC(=O)c1cn(-c2ccccc2)nn1. The van der Waals surface area contributed by atoms with Gasteiger partial charge in [-0.3, -0.25) is 4.79 Å². The van der Waals surface area contributed by atoms with Gasteiger partial charge in [0, 0.05) is 13.7 Å². The highest BCUT2D eigenvalue weighted by molar-refractivity contribution is 5.91. The molecule has 0 radical (unpaired) electrons. The number of benzene rings is 1. The fourth-order valence-corrected chi connectivity index (χ4v) is 1.79. The highest BCUT2D eigenvalue weighted by Crippen LogP contribution is 2.05. The molecule has 1 heterocycles. The molecule has 1 amide bonds. The second-order valence-corrected chi connectivity index (χ2v) is 4.54. The molecule has 7 heteroatoms. The fraction of sp³-hybridized carbons (Fsp3) is 0.357. The Morgan fingerprint density at radius 1 is 1.43 bits per heavy atom. The monoisotopic (exact) mass is 290 g/mol. The van der Waals surface area contributed by atoms with Crippen molar-refractivity contribution in [3.05, 3.63) is 42.2 Å². The molecular weight excluding hydrogens is 272 g/mol. The molecule has 0 saturated heterocycles. The molecule has 0 aliphatic carbocycles. The van der Waals surface area contributed by atoms with E-state index < -0.39 is 6.10 Å². The van der Waals surface area contributed by atoms with Gasteiger partial charge >= 0.3 is 0 Å². The van der Waals surface area contributed by atoms with Crippen LogP contribution >= 0.6 is 0 Å². The van der Waals surface area contributed by atoms with Crippen LogP contribution in [-0.4, -0.2) is 52.4 Å². The van der Waals surface area contributed by atoms with E-state index in [1.165, 1.54) is 11.8 Å². The first kappa shape index (κ1) is 15.1. The summed E-state index contributed by atoms with van der Waals surface area (Å²) in [6, 6.07) is 9.41. The van der Waals surface area contributed by atoms with E-state index in [1.807, 2.05) is 30.3 Å². The van der Waals surface area contributed by atoms with Crippen molar-refractivity contribution in [3.8, 4) is 5.69 Å². The molecule has 0 aliphatic heterocycles. The van der Waals surface area contributed by atoms with Gasteiger partial charge in [-0.25, -0.2) is 4.68 Å². The van der Waals surface area contributed by atoms with Crippen molar-refractivity contribution in [2.45, 2.75) is 12.5 Å². The molecule has 7 nitrogen and oxygen atoms in total. The lowest BCUT2D eigenvalue weighted by atomic mass is 10.2. The number of aromatic nitrogens is 3. The van der Waals surface area contributed by atoms with Gasteiger partial charge < -0.3 is 15.2 Å². The zero-order valence-corrected chi connectivity index (χ0v) is 11.8. The molecule has 21 heavy (non-hydrogen) atoms. The summed E-state index contributed by atoms with van der Waals surface area (Å²) in [7, 11) is 1.52. The van der Waals surface area contributed by atoms with Gasteiger partial charge in [-0.15, -0.1) is 5.10 Å². The van der Waals surface area contributed by atoms with Crippen molar-refractivity contribution in [2.75, 3.05) is 20.3 Å². The number of aliphatic hydroxyl groups excluding tert-OH is 1. The predicted molar refractivity (Wildman–Crippen MR) is 76.2 cm³/mol. The first-order chi connectivity index (χ1) is 10.2. The minimum Gasteiger partial charge on any atom is -0.391 e. The molecule has 112 valence electrons. The van der Waals surface area contributed by atoms with Crippen molar-refractivity contribution in [2.24, 2.45) is 0 Å². The lowest BCUT2D eigenvalue weighted by Gasteiger charge is -2.09. The fourth-order valence-electron chi connectivity index (χ4n) is 1.79. The Labute approximate surface area is 122 Å². The van der Waals surface area contributed by atoms with Crippen LogP contribution in [0.1, 0.15) is 16.9 Å². The second kappa shape index (κ2) is 7.51. The first-order valence-corrected chi connectivity index (χ1v) is 6.63. The maximum absolute atomic E-state index is 11.9. The molecule has 0 spiro atoms. The van der Waals surface area contributed by atoms with Gasteiger partial charge in [0.2, 0.25) is 0 Å². The van der Waals surface area contributed by atoms with Crippen LogP contribution in [-0.2, 0) is 4.74 Å². The van der Waals surface area contributed by atoms with Crippen LogP contribution in [0.25, 0.3) is 5.69 Å². The first-order valence-electron chi connectivity index (χ1n) is 6.63. The molecule has 2 N–H and O–H groups in total. The summed E-state index contributed by atoms with van der Waals surface area (Å²) >= 11 is 0. The number of nitrogens with zero attached hydrogens (tertiary/aromatic N) is 3. The number of carbonyl (C=O) groups is 1. The Balaban J connectivity index is 1.88. The van der Waals surface area contributed by atoms with Crippen molar-refractivity contribution >= 4 is 5.91 Å². The van der Waals surface area contributed by atoms with E-state index in [0.29, 0.717) is 13.0 Å². The summed E-state index contributed by atoms with van der Waals surface area (Å²) in [6.07, 6.45) is 1.40. The smallest absolute Gasteiger partial charge is 0.273 e. The van der Waals surface area contributed by atoms with Gasteiger partial charge in [0.1, 0.15) is 0 Å². The topological polar surface area (TPSA) is 89.3 Å². The standard InChI is InChI=1S/C14H18N4O3/c1-21-10-12(19)7-8-15-14(20)13-9-18(17-16-13)11-5-3-2-4-6-11/h2-6,9,12,19H,7-8,10H2,1H3,(H,15,20). The van der Waals surface area contributed by atoms with Crippen LogP contribution in [0, 0.1) is 0 Å². The lowest BCUT2D eigenvalue weighted by Crippen LogP contribution is -2.28. The predicted octanol–water partition coefficient (Wildman–Crippen LogP) is 0.394. The molecule has 0 saturated carbocycles. The summed E-state index contributed by atoms with van der Waals surface area (Å²) in [4.78, 5) is 11.9. The molecule has 1 aromatic heterocycles. The lowest BCUT2D eigenvalue weighted by molar-refractivity contribution is 0.0587. The van der Waals surface area contributed by atoms with Crippen molar-refractivity contribution < 1.29 is 14.6 Å². The Bertz CT molecular complexity index is 571. The van der Waals surface area contributed by atoms with E-state index in [2.05, 4.69) is 15.6 Å². The van der Waals surface area contributed by atoms with Gasteiger partial charge in [-0.1, -0.05) is 23.4 Å². The molecule has 2 rings (SSSR count). The molecular formula is C14H18N4O3. The Morgan fingerprint density at radius 2 is 2.19 bits per heavy atom. The maximum atomic E-state index is 11.9. The third kappa shape index (κ3) is 4.37.